The van der Waals surface area contributed by atoms with Gasteiger partial charge in [0.1, 0.15) is 5.25 Å². The number of aromatic hydroxyl groups is 1. The Balaban J connectivity index is 2.03. The summed E-state index contributed by atoms with van der Waals surface area (Å²) >= 11 is 12.6. The number of hydrogen-bond acceptors (Lipinski definition) is 5. The minimum absolute atomic E-state index is 0.0771. The van der Waals surface area contributed by atoms with Crippen LogP contribution in [0.5, 0.6) is 5.75 Å². The summed E-state index contributed by atoms with van der Waals surface area (Å²) in [4.78, 5) is 12.0. The quantitative estimate of drug-likeness (QED) is 0.547. The van der Waals surface area contributed by atoms with E-state index in [0.29, 0.717) is 0 Å². The lowest BCUT2D eigenvalue weighted by Crippen LogP contribution is -2.29. The lowest BCUT2D eigenvalue weighted by molar-refractivity contribution is -0.136. The van der Waals surface area contributed by atoms with Crippen LogP contribution in [-0.2, 0) is 14.8 Å². The summed E-state index contributed by atoms with van der Waals surface area (Å²) in [7, 11) is -3.95. The molecule has 0 saturated heterocycles. The van der Waals surface area contributed by atoms with Gasteiger partial charge in [-0.3, -0.25) is 4.79 Å². The van der Waals surface area contributed by atoms with Gasteiger partial charge < -0.3 is 10.2 Å². The molecule has 0 aliphatic carbocycles. The number of nitrogens with one attached hydrogen (secondary N) is 1. The summed E-state index contributed by atoms with van der Waals surface area (Å²) in [6.45, 7) is -0.0880. The number of halogens is 2. The molecule has 0 fully saturated rings. The normalized spacial score (nSPS) is 12.7. The highest BCUT2D eigenvalue weighted by Gasteiger charge is 2.22. The standard InChI is InChI=1S/C16H15Cl2NO5S2/c17-12-8-11(9-13(18)15(12)20)26(23,24)19-7-6-14(16(21)22)25-10-4-2-1-3-5-10/h1-5,8-9,14,19-20H,6-7H2,(H,21,22). The molecule has 2 aromatic carbocycles. The van der Waals surface area contributed by atoms with Crippen molar-refractivity contribution in [2.45, 2.75) is 21.5 Å². The molecule has 0 bridgehead atoms. The Kier molecular flexibility index (Phi) is 7.19. The zero-order chi connectivity index (χ0) is 19.3. The number of benzene rings is 2. The number of carboxylic acid groups (broad SMARTS) is 1. The highest BCUT2D eigenvalue weighted by Crippen LogP contribution is 2.34. The fraction of sp³-hybridized carbons (Fsp3) is 0.188. The van der Waals surface area contributed by atoms with Crippen molar-refractivity contribution in [3.63, 3.8) is 0 Å². The third-order valence-electron chi connectivity index (χ3n) is 3.30. The summed E-state index contributed by atoms with van der Waals surface area (Å²) < 4.78 is 26.9. The fourth-order valence-electron chi connectivity index (χ4n) is 2.00. The van der Waals surface area contributed by atoms with Crippen molar-refractivity contribution in [1.82, 2.24) is 4.72 Å². The van der Waals surface area contributed by atoms with Crippen LogP contribution in [0.2, 0.25) is 10.0 Å². The van der Waals surface area contributed by atoms with E-state index in [4.69, 9.17) is 23.2 Å². The summed E-state index contributed by atoms with van der Waals surface area (Å²) in [5, 5.41) is 17.6. The Morgan fingerprint density at radius 2 is 1.73 bits per heavy atom. The van der Waals surface area contributed by atoms with Crippen molar-refractivity contribution < 1.29 is 23.4 Å². The number of carboxylic acids is 1. The molecule has 1 atom stereocenters. The van der Waals surface area contributed by atoms with Crippen molar-refractivity contribution in [2.75, 3.05) is 6.54 Å². The summed E-state index contributed by atoms with van der Waals surface area (Å²) in [5.74, 6) is -1.44. The van der Waals surface area contributed by atoms with E-state index in [1.54, 1.807) is 24.3 Å². The van der Waals surface area contributed by atoms with E-state index in [9.17, 15) is 23.4 Å². The Hall–Kier alpha value is -1.45. The minimum Gasteiger partial charge on any atom is -0.505 e. The topological polar surface area (TPSA) is 104 Å². The van der Waals surface area contributed by atoms with Crippen molar-refractivity contribution in [1.29, 1.82) is 0 Å². The van der Waals surface area contributed by atoms with Crippen LogP contribution in [0, 0.1) is 0 Å². The van der Waals surface area contributed by atoms with E-state index in [0.717, 1.165) is 28.8 Å². The van der Waals surface area contributed by atoms with Gasteiger partial charge in [-0.05, 0) is 30.7 Å². The predicted octanol–water partition coefficient (Wildman–Crippen LogP) is 3.61. The molecule has 26 heavy (non-hydrogen) atoms. The molecule has 0 heterocycles. The van der Waals surface area contributed by atoms with Crippen LogP contribution >= 0.6 is 35.0 Å². The van der Waals surface area contributed by atoms with Gasteiger partial charge in [0.25, 0.3) is 0 Å². The van der Waals surface area contributed by atoms with Crippen molar-refractivity contribution in [3.8, 4) is 5.75 Å². The molecule has 0 radical (unpaired) electrons. The first-order chi connectivity index (χ1) is 12.2. The van der Waals surface area contributed by atoms with Gasteiger partial charge in [0.05, 0.1) is 14.9 Å². The van der Waals surface area contributed by atoms with Gasteiger partial charge in [0.15, 0.2) is 5.75 Å². The Bertz CT molecular complexity index is 868. The molecule has 0 amide bonds. The van der Waals surface area contributed by atoms with E-state index in [2.05, 4.69) is 4.72 Å². The van der Waals surface area contributed by atoms with Crippen LogP contribution in [0.25, 0.3) is 0 Å². The number of carbonyl (C=O) groups is 1. The number of hydrogen-bond donors (Lipinski definition) is 3. The molecule has 10 heteroatoms. The van der Waals surface area contributed by atoms with Gasteiger partial charge in [-0.1, -0.05) is 41.4 Å². The Morgan fingerprint density at radius 3 is 2.27 bits per heavy atom. The Labute approximate surface area is 165 Å². The predicted molar refractivity (Wildman–Crippen MR) is 102 cm³/mol. The molecule has 6 nitrogen and oxygen atoms in total. The van der Waals surface area contributed by atoms with Crippen molar-refractivity contribution >= 4 is 51.0 Å². The lowest BCUT2D eigenvalue weighted by Gasteiger charge is -2.13. The van der Waals surface area contributed by atoms with Crippen LogP contribution in [0.3, 0.4) is 0 Å². The van der Waals surface area contributed by atoms with Crippen LogP contribution in [0.15, 0.2) is 52.3 Å². The molecular formula is C16H15Cl2NO5S2. The van der Waals surface area contributed by atoms with Gasteiger partial charge >= 0.3 is 5.97 Å². The molecule has 0 aliphatic heterocycles. The van der Waals surface area contributed by atoms with E-state index >= 15 is 0 Å². The largest absolute Gasteiger partial charge is 0.505 e. The van der Waals surface area contributed by atoms with Crippen LogP contribution < -0.4 is 4.72 Å². The number of sulfonamides is 1. The highest BCUT2D eigenvalue weighted by molar-refractivity contribution is 8.00. The van der Waals surface area contributed by atoms with E-state index in [1.807, 2.05) is 6.07 Å². The first-order valence-electron chi connectivity index (χ1n) is 7.33. The first-order valence-corrected chi connectivity index (χ1v) is 10.4. The highest BCUT2D eigenvalue weighted by atomic mass is 35.5. The molecule has 0 aromatic heterocycles. The third kappa shape index (κ3) is 5.52. The second kappa shape index (κ2) is 8.96. The SMILES string of the molecule is O=C(O)C(CCNS(=O)(=O)c1cc(Cl)c(O)c(Cl)c1)Sc1ccccc1. The first kappa shape index (κ1) is 20.9. The summed E-state index contributed by atoms with van der Waals surface area (Å²) in [6, 6.07) is 11.1. The lowest BCUT2D eigenvalue weighted by atomic mass is 10.3. The number of aliphatic carboxylic acids is 1. The van der Waals surface area contributed by atoms with Gasteiger partial charge in [-0.2, -0.15) is 0 Å². The van der Waals surface area contributed by atoms with Crippen LogP contribution in [-0.4, -0.2) is 36.4 Å². The van der Waals surface area contributed by atoms with Gasteiger partial charge in [-0.15, -0.1) is 11.8 Å². The molecule has 0 spiro atoms. The second-order valence-electron chi connectivity index (χ2n) is 5.18. The van der Waals surface area contributed by atoms with Gasteiger partial charge in [0, 0.05) is 11.4 Å². The molecule has 3 N–H and O–H groups in total. The zero-order valence-corrected chi connectivity index (χ0v) is 16.4. The van der Waals surface area contributed by atoms with Crippen LogP contribution in [0.1, 0.15) is 6.42 Å². The van der Waals surface area contributed by atoms with Crippen LogP contribution in [0.4, 0.5) is 0 Å². The van der Waals surface area contributed by atoms with E-state index in [1.165, 1.54) is 0 Å². The molecule has 1 unspecified atom stereocenters. The average molecular weight is 436 g/mol. The monoisotopic (exact) mass is 435 g/mol. The maximum Gasteiger partial charge on any atom is 0.317 e. The molecular weight excluding hydrogens is 421 g/mol. The van der Waals surface area contributed by atoms with Crippen molar-refractivity contribution in [3.05, 3.63) is 52.5 Å². The fourth-order valence-corrected chi connectivity index (χ4v) is 4.70. The summed E-state index contributed by atoms with van der Waals surface area (Å²) in [6.07, 6.45) is 0.0771. The second-order valence-corrected chi connectivity index (χ2v) is 9.04. The number of phenols is 1. The minimum atomic E-state index is -3.95. The smallest absolute Gasteiger partial charge is 0.317 e. The number of rotatable bonds is 8. The number of thioether (sulfide) groups is 1. The Morgan fingerprint density at radius 1 is 1.15 bits per heavy atom. The molecule has 0 saturated carbocycles. The third-order valence-corrected chi connectivity index (χ3v) is 6.58. The molecule has 2 aromatic rings. The number of phenolic OH excluding ortho intramolecular Hbond substituents is 1. The van der Waals surface area contributed by atoms with Gasteiger partial charge in [-0.25, -0.2) is 13.1 Å². The van der Waals surface area contributed by atoms with Crippen molar-refractivity contribution in [2.24, 2.45) is 0 Å². The summed E-state index contributed by atoms with van der Waals surface area (Å²) in [5.41, 5.74) is 0. The maximum absolute atomic E-state index is 12.3. The van der Waals surface area contributed by atoms with E-state index < -0.39 is 27.0 Å². The van der Waals surface area contributed by atoms with E-state index in [-0.39, 0.29) is 27.9 Å². The average Bonchev–Trinajstić information content (AvgIpc) is 2.59. The molecule has 2 rings (SSSR count). The van der Waals surface area contributed by atoms with Gasteiger partial charge in [0.2, 0.25) is 10.0 Å². The zero-order valence-electron chi connectivity index (χ0n) is 13.2. The maximum atomic E-state index is 12.3. The molecule has 140 valence electrons. The molecule has 0 aliphatic rings.